The molecule has 0 spiro atoms. The van der Waals surface area contributed by atoms with Crippen LogP contribution in [0.2, 0.25) is 0 Å². The molecule has 2 aromatic carbocycles. The Morgan fingerprint density at radius 2 is 2.04 bits per heavy atom. The van der Waals surface area contributed by atoms with Crippen molar-refractivity contribution < 1.29 is 13.9 Å². The van der Waals surface area contributed by atoms with Crippen molar-refractivity contribution in [2.75, 3.05) is 0 Å². The third kappa shape index (κ3) is 3.74. The van der Waals surface area contributed by atoms with Gasteiger partial charge < -0.3 is 10.1 Å². The van der Waals surface area contributed by atoms with Crippen LogP contribution in [0.4, 0.5) is 4.39 Å². The maximum absolute atomic E-state index is 14.4. The number of hydrogen-bond acceptors (Lipinski definition) is 3. The van der Waals surface area contributed by atoms with E-state index in [1.165, 1.54) is 12.3 Å². The second kappa shape index (κ2) is 7.43. The smallest absolute Gasteiger partial charge is 0.230 e. The minimum Gasteiger partial charge on any atom is -0.453 e. The first kappa shape index (κ1) is 18.2. The summed E-state index contributed by atoms with van der Waals surface area (Å²) in [5.74, 6) is 0.113. The second-order valence-corrected chi connectivity index (χ2v) is 7.19. The SMILES string of the molecule is Cc1cccc(C2(C(=O)NCc3ccc(Oc4cccnc4)c(F)c3)CC2)c1. The summed E-state index contributed by atoms with van der Waals surface area (Å²) in [6, 6.07) is 16.2. The highest BCUT2D eigenvalue weighted by atomic mass is 19.1. The van der Waals surface area contributed by atoms with E-state index >= 15 is 0 Å². The maximum Gasteiger partial charge on any atom is 0.230 e. The van der Waals surface area contributed by atoms with Crippen molar-refractivity contribution >= 4 is 5.91 Å². The Balaban J connectivity index is 1.41. The number of rotatable bonds is 6. The standard InChI is InChI=1S/C23H21FN2O2/c1-16-4-2-5-18(12-16)23(9-10-23)22(27)26-14-17-7-8-21(20(24)13-17)28-19-6-3-11-25-15-19/h2-8,11-13,15H,9-10,14H2,1H3,(H,26,27). The number of aromatic nitrogens is 1. The topological polar surface area (TPSA) is 51.2 Å². The number of hydrogen-bond donors (Lipinski definition) is 1. The molecular formula is C23H21FN2O2. The van der Waals surface area contributed by atoms with Crippen LogP contribution in [0.15, 0.2) is 67.0 Å². The van der Waals surface area contributed by atoms with Gasteiger partial charge in [0.1, 0.15) is 5.75 Å². The summed E-state index contributed by atoms with van der Waals surface area (Å²) in [4.78, 5) is 16.7. The second-order valence-electron chi connectivity index (χ2n) is 7.19. The molecule has 5 heteroatoms. The zero-order valence-electron chi connectivity index (χ0n) is 15.6. The first-order chi connectivity index (χ1) is 13.6. The van der Waals surface area contributed by atoms with Crippen LogP contribution in [0.25, 0.3) is 0 Å². The number of halogens is 1. The summed E-state index contributed by atoms with van der Waals surface area (Å²) in [7, 11) is 0. The Morgan fingerprint density at radius 3 is 2.71 bits per heavy atom. The van der Waals surface area contributed by atoms with Gasteiger partial charge in [0.25, 0.3) is 0 Å². The van der Waals surface area contributed by atoms with Gasteiger partial charge in [-0.05, 0) is 55.2 Å². The molecule has 1 aliphatic rings. The molecule has 1 aromatic heterocycles. The zero-order chi connectivity index (χ0) is 19.6. The van der Waals surface area contributed by atoms with E-state index in [1.807, 2.05) is 25.1 Å². The van der Waals surface area contributed by atoms with Crippen molar-refractivity contribution in [3.63, 3.8) is 0 Å². The van der Waals surface area contributed by atoms with Gasteiger partial charge in [-0.1, -0.05) is 35.9 Å². The van der Waals surface area contributed by atoms with Crippen LogP contribution in [-0.4, -0.2) is 10.9 Å². The quantitative estimate of drug-likeness (QED) is 0.680. The number of nitrogens with zero attached hydrogens (tertiary/aromatic N) is 1. The van der Waals surface area contributed by atoms with Gasteiger partial charge in [0.2, 0.25) is 5.91 Å². The molecule has 3 aromatic rings. The first-order valence-corrected chi connectivity index (χ1v) is 9.29. The fourth-order valence-corrected chi connectivity index (χ4v) is 3.34. The summed E-state index contributed by atoms with van der Waals surface area (Å²) in [5, 5.41) is 2.96. The molecule has 1 N–H and O–H groups in total. The van der Waals surface area contributed by atoms with Crippen LogP contribution in [0.3, 0.4) is 0 Å². The summed E-state index contributed by atoms with van der Waals surface area (Å²) in [5.41, 5.74) is 2.44. The summed E-state index contributed by atoms with van der Waals surface area (Å²) >= 11 is 0. The first-order valence-electron chi connectivity index (χ1n) is 9.29. The number of carbonyl (C=O) groups is 1. The summed E-state index contributed by atoms with van der Waals surface area (Å²) < 4.78 is 19.9. The van der Waals surface area contributed by atoms with E-state index in [0.717, 1.165) is 24.0 Å². The Hall–Kier alpha value is -3.21. The molecule has 0 saturated heterocycles. The van der Waals surface area contributed by atoms with Gasteiger partial charge >= 0.3 is 0 Å². The number of nitrogens with one attached hydrogen (secondary N) is 1. The van der Waals surface area contributed by atoms with Crippen molar-refractivity contribution in [3.05, 3.63) is 89.5 Å². The Labute approximate surface area is 163 Å². The minimum absolute atomic E-state index is 0.00538. The Bertz CT molecular complexity index is 1000. The third-order valence-corrected chi connectivity index (χ3v) is 5.07. The lowest BCUT2D eigenvalue weighted by molar-refractivity contribution is -0.123. The molecule has 0 bridgehead atoms. The third-order valence-electron chi connectivity index (χ3n) is 5.07. The molecule has 28 heavy (non-hydrogen) atoms. The molecule has 4 rings (SSSR count). The maximum atomic E-state index is 14.4. The van der Waals surface area contributed by atoms with Gasteiger partial charge in [0.05, 0.1) is 11.6 Å². The Morgan fingerprint density at radius 1 is 1.18 bits per heavy atom. The van der Waals surface area contributed by atoms with E-state index in [1.54, 1.807) is 30.5 Å². The molecule has 1 heterocycles. The zero-order valence-corrected chi connectivity index (χ0v) is 15.6. The van der Waals surface area contributed by atoms with E-state index in [2.05, 4.69) is 16.4 Å². The molecule has 0 aliphatic heterocycles. The molecular weight excluding hydrogens is 355 g/mol. The minimum atomic E-state index is -0.476. The van der Waals surface area contributed by atoms with Crippen molar-refractivity contribution in [2.45, 2.75) is 31.7 Å². The number of benzene rings is 2. The lowest BCUT2D eigenvalue weighted by Crippen LogP contribution is -2.34. The van der Waals surface area contributed by atoms with Crippen LogP contribution in [0.1, 0.15) is 29.5 Å². The fourth-order valence-electron chi connectivity index (χ4n) is 3.34. The highest BCUT2D eigenvalue weighted by molar-refractivity contribution is 5.91. The van der Waals surface area contributed by atoms with Crippen molar-refractivity contribution in [1.29, 1.82) is 0 Å². The molecule has 0 atom stereocenters. The monoisotopic (exact) mass is 376 g/mol. The van der Waals surface area contributed by atoms with Crippen LogP contribution < -0.4 is 10.1 Å². The lowest BCUT2D eigenvalue weighted by Gasteiger charge is -2.16. The predicted octanol–water partition coefficient (Wildman–Crippen LogP) is 4.67. The van der Waals surface area contributed by atoms with Crippen LogP contribution in [0.5, 0.6) is 11.5 Å². The van der Waals surface area contributed by atoms with E-state index in [4.69, 9.17) is 4.74 Å². The van der Waals surface area contributed by atoms with E-state index in [0.29, 0.717) is 11.3 Å². The summed E-state index contributed by atoms with van der Waals surface area (Å²) in [6.45, 7) is 2.30. The molecule has 0 unspecified atom stereocenters. The number of pyridine rings is 1. The number of carbonyl (C=O) groups excluding carboxylic acids is 1. The average Bonchev–Trinajstić information content (AvgIpc) is 3.51. The molecule has 1 saturated carbocycles. The van der Waals surface area contributed by atoms with Crippen LogP contribution >= 0.6 is 0 Å². The van der Waals surface area contributed by atoms with Crippen molar-refractivity contribution in [2.24, 2.45) is 0 Å². The van der Waals surface area contributed by atoms with Gasteiger partial charge in [0, 0.05) is 12.7 Å². The largest absolute Gasteiger partial charge is 0.453 e. The molecule has 1 fully saturated rings. The predicted molar refractivity (Wildman–Crippen MR) is 105 cm³/mol. The number of aryl methyl sites for hydroxylation is 1. The van der Waals surface area contributed by atoms with E-state index < -0.39 is 11.2 Å². The van der Waals surface area contributed by atoms with Crippen molar-refractivity contribution in [3.8, 4) is 11.5 Å². The highest BCUT2D eigenvalue weighted by Crippen LogP contribution is 2.48. The molecule has 142 valence electrons. The van der Waals surface area contributed by atoms with E-state index in [-0.39, 0.29) is 18.2 Å². The number of ether oxygens (including phenoxy) is 1. The van der Waals surface area contributed by atoms with Crippen LogP contribution in [0, 0.1) is 12.7 Å². The molecule has 0 radical (unpaired) electrons. The normalized spacial score (nSPS) is 14.4. The van der Waals surface area contributed by atoms with Gasteiger partial charge in [-0.15, -0.1) is 0 Å². The van der Waals surface area contributed by atoms with Gasteiger partial charge in [-0.2, -0.15) is 0 Å². The van der Waals surface area contributed by atoms with Crippen molar-refractivity contribution in [1.82, 2.24) is 10.3 Å². The van der Waals surface area contributed by atoms with Crippen LogP contribution in [-0.2, 0) is 16.8 Å². The van der Waals surface area contributed by atoms with E-state index in [9.17, 15) is 9.18 Å². The molecule has 1 amide bonds. The van der Waals surface area contributed by atoms with Gasteiger partial charge in [-0.25, -0.2) is 4.39 Å². The molecule has 1 aliphatic carbocycles. The van der Waals surface area contributed by atoms with Gasteiger partial charge in [0.15, 0.2) is 11.6 Å². The average molecular weight is 376 g/mol. The Kier molecular flexibility index (Phi) is 4.82. The number of amides is 1. The van der Waals surface area contributed by atoms with Gasteiger partial charge in [-0.3, -0.25) is 9.78 Å². The fraction of sp³-hybridized carbons (Fsp3) is 0.217. The highest BCUT2D eigenvalue weighted by Gasteiger charge is 2.51. The summed E-state index contributed by atoms with van der Waals surface area (Å²) in [6.07, 6.45) is 4.83. The lowest BCUT2D eigenvalue weighted by atomic mass is 9.93. The molecule has 4 nitrogen and oxygen atoms in total.